The van der Waals surface area contributed by atoms with E-state index in [0.29, 0.717) is 31.3 Å². The van der Waals surface area contributed by atoms with Gasteiger partial charge < -0.3 is 19.5 Å². The van der Waals surface area contributed by atoms with E-state index in [-0.39, 0.29) is 0 Å². The second kappa shape index (κ2) is 10.4. The summed E-state index contributed by atoms with van der Waals surface area (Å²) in [5.41, 5.74) is 1.55. The third kappa shape index (κ3) is 7.74. The highest BCUT2D eigenvalue weighted by Gasteiger charge is 2.15. The van der Waals surface area contributed by atoms with E-state index in [0.717, 1.165) is 11.1 Å². The van der Waals surface area contributed by atoms with Gasteiger partial charge >= 0.3 is 6.09 Å². The van der Waals surface area contributed by atoms with Crippen molar-refractivity contribution in [1.29, 1.82) is 0 Å². The van der Waals surface area contributed by atoms with Gasteiger partial charge in [0.2, 0.25) is 0 Å². The molecule has 0 heterocycles. The molecule has 0 aliphatic heterocycles. The summed E-state index contributed by atoms with van der Waals surface area (Å²) in [6.07, 6.45) is 3.34. The summed E-state index contributed by atoms with van der Waals surface area (Å²) in [6, 6.07) is 15.8. The molecule has 0 saturated carbocycles. The Labute approximate surface area is 167 Å². The lowest BCUT2D eigenvalue weighted by Gasteiger charge is -2.19. The molecule has 0 spiro atoms. The van der Waals surface area contributed by atoms with Gasteiger partial charge in [0.05, 0.1) is 6.61 Å². The highest BCUT2D eigenvalue weighted by molar-refractivity contribution is 5.68. The molecular weight excluding hydrogens is 354 g/mol. The van der Waals surface area contributed by atoms with Crippen LogP contribution in [0.4, 0.5) is 4.79 Å². The molecule has 0 aliphatic carbocycles. The number of ether oxygens (including phenoxy) is 3. The van der Waals surface area contributed by atoms with Gasteiger partial charge in [0, 0.05) is 6.54 Å². The molecule has 0 aromatic heterocycles. The summed E-state index contributed by atoms with van der Waals surface area (Å²) < 4.78 is 16.8. The predicted molar refractivity (Wildman–Crippen MR) is 112 cm³/mol. The van der Waals surface area contributed by atoms with Crippen LogP contribution >= 0.6 is 0 Å². The SMILES string of the molecule is CCOc1cc(C=CCNC(=O)OC(C)(C)C)ccc1OCc1ccccc1. The summed E-state index contributed by atoms with van der Waals surface area (Å²) in [7, 11) is 0. The van der Waals surface area contributed by atoms with Crippen LogP contribution in [0.25, 0.3) is 6.08 Å². The Morgan fingerprint density at radius 2 is 1.79 bits per heavy atom. The van der Waals surface area contributed by atoms with E-state index in [1.54, 1.807) is 0 Å². The van der Waals surface area contributed by atoms with Gasteiger partial charge in [0.1, 0.15) is 12.2 Å². The maximum Gasteiger partial charge on any atom is 0.407 e. The third-order valence-corrected chi connectivity index (χ3v) is 3.58. The molecule has 0 unspecified atom stereocenters. The van der Waals surface area contributed by atoms with Crippen LogP contribution in [0.2, 0.25) is 0 Å². The summed E-state index contributed by atoms with van der Waals surface area (Å²) in [5.74, 6) is 1.40. The van der Waals surface area contributed by atoms with Gasteiger partial charge in [-0.15, -0.1) is 0 Å². The Kier molecular flexibility index (Phi) is 7.93. The van der Waals surface area contributed by atoms with Crippen molar-refractivity contribution in [2.24, 2.45) is 0 Å². The topological polar surface area (TPSA) is 56.8 Å². The van der Waals surface area contributed by atoms with Crippen LogP contribution in [0.3, 0.4) is 0 Å². The molecular formula is C23H29NO4. The molecule has 0 aliphatic rings. The summed E-state index contributed by atoms with van der Waals surface area (Å²) in [5, 5.41) is 2.70. The number of alkyl carbamates (subject to hydrolysis) is 1. The van der Waals surface area contributed by atoms with Gasteiger partial charge in [-0.1, -0.05) is 48.6 Å². The van der Waals surface area contributed by atoms with Gasteiger partial charge in [-0.05, 0) is 51.0 Å². The van der Waals surface area contributed by atoms with Gasteiger partial charge in [-0.3, -0.25) is 0 Å². The van der Waals surface area contributed by atoms with Gasteiger partial charge in [-0.2, -0.15) is 0 Å². The molecule has 0 atom stereocenters. The Morgan fingerprint density at radius 3 is 2.46 bits per heavy atom. The number of rotatable bonds is 8. The van der Waals surface area contributed by atoms with Crippen molar-refractivity contribution in [1.82, 2.24) is 5.32 Å². The molecule has 1 N–H and O–H groups in total. The maximum absolute atomic E-state index is 11.6. The largest absolute Gasteiger partial charge is 0.490 e. The average molecular weight is 383 g/mol. The predicted octanol–water partition coefficient (Wildman–Crippen LogP) is 5.20. The first kappa shape index (κ1) is 21.4. The lowest BCUT2D eigenvalue weighted by Crippen LogP contribution is -2.32. The van der Waals surface area contributed by atoms with Crippen LogP contribution in [-0.2, 0) is 11.3 Å². The van der Waals surface area contributed by atoms with Crippen LogP contribution in [0.5, 0.6) is 11.5 Å². The van der Waals surface area contributed by atoms with E-state index in [9.17, 15) is 4.79 Å². The second-order valence-electron chi connectivity index (χ2n) is 7.20. The van der Waals surface area contributed by atoms with Crippen LogP contribution in [-0.4, -0.2) is 24.8 Å². The van der Waals surface area contributed by atoms with Crippen LogP contribution in [0, 0.1) is 0 Å². The minimum Gasteiger partial charge on any atom is -0.490 e. The van der Waals surface area contributed by atoms with Crippen molar-refractivity contribution in [3.05, 3.63) is 65.7 Å². The monoisotopic (exact) mass is 383 g/mol. The molecule has 2 rings (SSSR count). The van der Waals surface area contributed by atoms with Gasteiger partial charge in [0.25, 0.3) is 0 Å². The summed E-state index contributed by atoms with van der Waals surface area (Å²) in [6.45, 7) is 8.85. The van der Waals surface area contributed by atoms with E-state index in [4.69, 9.17) is 14.2 Å². The van der Waals surface area contributed by atoms with Crippen molar-refractivity contribution >= 4 is 12.2 Å². The summed E-state index contributed by atoms with van der Waals surface area (Å²) >= 11 is 0. The fourth-order valence-electron chi connectivity index (χ4n) is 2.40. The number of carbonyl (C=O) groups excluding carboxylic acids is 1. The van der Waals surface area contributed by atoms with E-state index < -0.39 is 11.7 Å². The standard InChI is InChI=1S/C23H29NO4/c1-5-26-21-16-18(12-9-15-24-22(25)28-23(2,3)4)13-14-20(21)27-17-19-10-7-6-8-11-19/h6-14,16H,5,15,17H2,1-4H3,(H,24,25). The fourth-order valence-corrected chi connectivity index (χ4v) is 2.40. The highest BCUT2D eigenvalue weighted by Crippen LogP contribution is 2.29. The van der Waals surface area contributed by atoms with E-state index >= 15 is 0 Å². The van der Waals surface area contributed by atoms with Gasteiger partial charge in [-0.25, -0.2) is 4.79 Å². The molecule has 5 nitrogen and oxygen atoms in total. The number of carbonyl (C=O) groups is 1. The van der Waals surface area contributed by atoms with Crippen molar-refractivity contribution in [3.8, 4) is 11.5 Å². The van der Waals surface area contributed by atoms with Crippen LogP contribution in [0.1, 0.15) is 38.8 Å². The molecule has 28 heavy (non-hydrogen) atoms. The maximum atomic E-state index is 11.6. The van der Waals surface area contributed by atoms with Crippen LogP contribution < -0.4 is 14.8 Å². The Bertz CT molecular complexity index is 779. The minimum atomic E-state index is -0.504. The number of nitrogens with one attached hydrogen (secondary N) is 1. The Morgan fingerprint density at radius 1 is 1.04 bits per heavy atom. The van der Waals surface area contributed by atoms with Crippen molar-refractivity contribution in [3.63, 3.8) is 0 Å². The normalized spacial score (nSPS) is 11.3. The summed E-state index contributed by atoms with van der Waals surface area (Å²) in [4.78, 5) is 11.6. The van der Waals surface area contributed by atoms with E-state index in [1.165, 1.54) is 0 Å². The quantitative estimate of drug-likeness (QED) is 0.680. The molecule has 0 bridgehead atoms. The third-order valence-electron chi connectivity index (χ3n) is 3.58. The average Bonchev–Trinajstić information content (AvgIpc) is 2.64. The first-order chi connectivity index (χ1) is 13.4. The van der Waals surface area contributed by atoms with E-state index in [1.807, 2.05) is 88.4 Å². The number of benzene rings is 2. The first-order valence-corrected chi connectivity index (χ1v) is 9.44. The Hall–Kier alpha value is -2.95. The minimum absolute atomic E-state index is 0.380. The smallest absolute Gasteiger partial charge is 0.407 e. The van der Waals surface area contributed by atoms with Crippen molar-refractivity contribution in [2.45, 2.75) is 39.9 Å². The van der Waals surface area contributed by atoms with Crippen LogP contribution in [0.15, 0.2) is 54.6 Å². The molecule has 1 amide bonds. The van der Waals surface area contributed by atoms with Gasteiger partial charge in [0.15, 0.2) is 11.5 Å². The zero-order chi connectivity index (χ0) is 20.4. The molecule has 5 heteroatoms. The fraction of sp³-hybridized carbons (Fsp3) is 0.348. The van der Waals surface area contributed by atoms with E-state index in [2.05, 4.69) is 5.32 Å². The Balaban J connectivity index is 1.94. The van der Waals surface area contributed by atoms with Crippen molar-refractivity contribution in [2.75, 3.05) is 13.2 Å². The lowest BCUT2D eigenvalue weighted by atomic mass is 10.2. The molecule has 2 aromatic carbocycles. The molecule has 0 radical (unpaired) electrons. The number of amides is 1. The lowest BCUT2D eigenvalue weighted by molar-refractivity contribution is 0.0534. The molecule has 0 fully saturated rings. The number of hydrogen-bond acceptors (Lipinski definition) is 4. The highest BCUT2D eigenvalue weighted by atomic mass is 16.6. The first-order valence-electron chi connectivity index (χ1n) is 9.44. The molecule has 2 aromatic rings. The zero-order valence-electron chi connectivity index (χ0n) is 17.0. The van der Waals surface area contributed by atoms with Crippen molar-refractivity contribution < 1.29 is 19.0 Å². The second-order valence-corrected chi connectivity index (χ2v) is 7.20. The number of hydrogen-bond donors (Lipinski definition) is 1. The molecule has 150 valence electrons. The molecule has 0 saturated heterocycles. The zero-order valence-corrected chi connectivity index (χ0v) is 17.0.